The summed E-state index contributed by atoms with van der Waals surface area (Å²) in [6.45, 7) is 6.69. The van der Waals surface area contributed by atoms with Crippen molar-refractivity contribution in [2.75, 3.05) is 95.9 Å². The number of ketones is 2. The molecule has 420 valence electrons. The Balaban J connectivity index is 0.0000125. The Morgan fingerprint density at radius 3 is 2.13 bits per heavy atom. The zero-order valence-electron chi connectivity index (χ0n) is 43.7. The summed E-state index contributed by atoms with van der Waals surface area (Å²) in [7, 11) is 0. The molecule has 4 aliphatic rings. The number of rotatable bonds is 27. The topological polar surface area (TPSA) is 297 Å². The number of likely N-dealkylation sites (tertiary alicyclic amines) is 1. The van der Waals surface area contributed by atoms with E-state index in [2.05, 4.69) is 26.3 Å². The predicted molar refractivity (Wildman–Crippen MR) is 278 cm³/mol. The van der Waals surface area contributed by atoms with Crippen molar-refractivity contribution in [3.05, 3.63) is 47.8 Å². The Kier molecular flexibility index (Phi) is 27.0. The number of nitrogens with zero attached hydrogens (tertiary/aromatic N) is 6. The molecule has 0 aliphatic carbocycles. The number of aliphatic imine (C=N–C) groups is 1. The number of Topliss-reactive ketones (excluding diaryl/α,β-unsaturated/α-hetero) is 2. The normalized spacial score (nSPS) is 19.7. The van der Waals surface area contributed by atoms with E-state index >= 15 is 0 Å². The molecular formula is C51H73GdN10O13S-. The smallest absolute Gasteiger partial charge is 0.319 e. The van der Waals surface area contributed by atoms with Gasteiger partial charge in [-0.3, -0.25) is 62.8 Å². The van der Waals surface area contributed by atoms with E-state index in [1.165, 1.54) is 16.7 Å². The van der Waals surface area contributed by atoms with Crippen LogP contribution in [0.3, 0.4) is 0 Å². The molecule has 0 saturated carbocycles. The van der Waals surface area contributed by atoms with Gasteiger partial charge >= 0.3 is 18.0 Å². The molecule has 76 heavy (non-hydrogen) atoms. The van der Waals surface area contributed by atoms with E-state index in [0.29, 0.717) is 48.2 Å². The zero-order chi connectivity index (χ0) is 54.6. The summed E-state index contributed by atoms with van der Waals surface area (Å²) in [5, 5.41) is 30.3. The van der Waals surface area contributed by atoms with Crippen LogP contribution in [0.5, 0.6) is 0 Å². The Hall–Kier alpha value is -4.76. The number of amides is 6. The van der Waals surface area contributed by atoms with Crippen LogP contribution in [0.4, 0.5) is 10.5 Å². The Bertz CT molecular complexity index is 2290. The molecule has 4 aliphatic heterocycles. The van der Waals surface area contributed by atoms with Crippen LogP contribution in [0, 0.1) is 63.9 Å². The number of urea groups is 1. The van der Waals surface area contributed by atoms with Crippen LogP contribution in [-0.2, 0) is 54.4 Å². The maximum Gasteiger partial charge on any atom is 0.319 e. The number of hydrogen-bond acceptors (Lipinski definition) is 17. The summed E-state index contributed by atoms with van der Waals surface area (Å²) >= 11 is 1.50. The second kappa shape index (κ2) is 32.2. The summed E-state index contributed by atoms with van der Waals surface area (Å²) in [6, 6.07) is 4.18. The Labute approximate surface area is 480 Å². The van der Waals surface area contributed by atoms with E-state index in [0.717, 1.165) is 0 Å². The molecule has 23 nitrogen and oxygen atoms in total. The van der Waals surface area contributed by atoms with Gasteiger partial charge in [0.15, 0.2) is 11.6 Å². The fraction of sp³-hybridized carbons (Fsp3) is 0.608. The van der Waals surface area contributed by atoms with Gasteiger partial charge in [-0.1, -0.05) is 58.2 Å². The van der Waals surface area contributed by atoms with Crippen LogP contribution in [0.25, 0.3) is 0 Å². The van der Waals surface area contributed by atoms with Gasteiger partial charge < -0.3 is 46.0 Å². The maximum atomic E-state index is 14.1. The standard InChI is InChI=1S/C51H73N10O13S.Gd/c1-5-33(2)38(49(71)55-40(25-37-8-6-15-52-37)41(62)9-7-16-61-44(65)24-34(3)50(61)72)26-42(63)39(14-23-75-4)56-51(73)54-36-12-10-35(11-13-36)27-53-43(64)28-59-20-19-57(30-46(66)67)17-18-58(31-47(68)69)21-22-60-32-48(70)74-45(60)29-59;/h8,10-13,15,33-34,38-40H,5-7,9,14,16-32H2,1-4H3,(H,53,64)(H,55,71)(H,66,67)(H,68,69)(H2,54,56,73);/q-1;/t33-,34?,38-,39-,40-;/m0./s1. The summed E-state index contributed by atoms with van der Waals surface area (Å²) in [6.07, 6.45) is 7.56. The van der Waals surface area contributed by atoms with Gasteiger partial charge in [0.2, 0.25) is 23.6 Å². The number of allylic oxidation sites excluding steroid dienone is 1. The molecule has 6 N–H and O–H groups in total. The third kappa shape index (κ3) is 20.9. The van der Waals surface area contributed by atoms with Gasteiger partial charge in [0, 0.05) is 147 Å². The van der Waals surface area contributed by atoms with Crippen molar-refractivity contribution < 1.29 is 103 Å². The Morgan fingerprint density at radius 2 is 1.54 bits per heavy atom. The first kappa shape index (κ1) is 63.8. The van der Waals surface area contributed by atoms with Gasteiger partial charge in [-0.2, -0.15) is 11.8 Å². The quantitative estimate of drug-likeness (QED) is 0.0414. The molecule has 5 rings (SSSR count). The molecule has 3 fully saturated rings. The van der Waals surface area contributed by atoms with Crippen LogP contribution in [0.1, 0.15) is 77.7 Å². The molecule has 1 aromatic rings. The minimum Gasteiger partial charge on any atom is -0.617 e. The van der Waals surface area contributed by atoms with Crippen LogP contribution in [-0.4, -0.2) is 203 Å². The molecule has 0 bridgehead atoms. The first-order valence-corrected chi connectivity index (χ1v) is 27.0. The van der Waals surface area contributed by atoms with E-state index in [1.807, 2.05) is 26.2 Å². The van der Waals surface area contributed by atoms with Crippen LogP contribution in [0.2, 0.25) is 0 Å². The molecule has 1 unspecified atom stereocenters. The number of aliphatic carboxylic acids is 2. The summed E-state index contributed by atoms with van der Waals surface area (Å²) < 4.78 is 5.50. The molecule has 25 heteroatoms. The monoisotopic (exact) mass is 1220 g/mol. The molecule has 3 saturated heterocycles. The summed E-state index contributed by atoms with van der Waals surface area (Å²) in [4.78, 5) is 141. The third-order valence-corrected chi connectivity index (χ3v) is 14.3. The number of nitrogens with one attached hydrogen (secondary N) is 4. The van der Waals surface area contributed by atoms with Gasteiger partial charge in [-0.15, -0.1) is 0 Å². The van der Waals surface area contributed by atoms with Crippen molar-refractivity contribution in [1.29, 1.82) is 0 Å². The number of carbonyl (C=O) groups is 10. The summed E-state index contributed by atoms with van der Waals surface area (Å²) in [5.41, 5.74) is 1.76. The molecule has 1 aromatic carbocycles. The maximum absolute atomic E-state index is 14.1. The molecule has 5 atom stereocenters. The average molecular weight is 1220 g/mol. The van der Waals surface area contributed by atoms with Crippen LogP contribution >= 0.6 is 11.8 Å². The molecule has 4 heterocycles. The van der Waals surface area contributed by atoms with E-state index in [1.54, 1.807) is 57.0 Å². The van der Waals surface area contributed by atoms with Crippen molar-refractivity contribution in [2.24, 2.45) is 22.7 Å². The van der Waals surface area contributed by atoms with Crippen molar-refractivity contribution in [1.82, 2.24) is 40.4 Å². The van der Waals surface area contributed by atoms with Crippen LogP contribution in [0.15, 0.2) is 41.0 Å². The number of esters is 1. The number of fused-ring (bicyclic) bond motifs is 1. The molecule has 0 radical (unpaired) electrons. The summed E-state index contributed by atoms with van der Waals surface area (Å²) in [5.74, 6) is -5.48. The average Bonchev–Trinajstić information content (AvgIpc) is 4.07. The molecule has 6 amide bonds. The molecule has 0 aromatic heterocycles. The van der Waals surface area contributed by atoms with Gasteiger partial charge in [0.25, 0.3) is 5.97 Å². The van der Waals surface area contributed by atoms with E-state index in [4.69, 9.17) is 4.74 Å². The van der Waals surface area contributed by atoms with E-state index in [9.17, 15) is 58.2 Å². The van der Waals surface area contributed by atoms with Gasteiger partial charge in [-0.05, 0) is 55.0 Å². The van der Waals surface area contributed by atoms with E-state index in [-0.39, 0.29) is 192 Å². The van der Waals surface area contributed by atoms with Gasteiger partial charge in [-0.25, -0.2) is 4.79 Å². The number of carboxylic acid groups (broad SMARTS) is 2. The van der Waals surface area contributed by atoms with Crippen molar-refractivity contribution >= 4 is 82.8 Å². The first-order valence-electron chi connectivity index (χ1n) is 25.6. The number of imide groups is 1. The van der Waals surface area contributed by atoms with Crippen molar-refractivity contribution in [2.45, 2.75) is 90.8 Å². The predicted octanol–water partition coefficient (Wildman–Crippen LogP) is 1.58. The zero-order valence-corrected chi connectivity index (χ0v) is 46.8. The number of carboxylic acids is 2. The second-order valence-corrected chi connectivity index (χ2v) is 20.5. The minimum absolute atomic E-state index is 0. The number of anilines is 1. The fourth-order valence-corrected chi connectivity index (χ4v) is 9.62. The fourth-order valence-electron chi connectivity index (χ4n) is 9.15. The number of benzene rings is 1. The van der Waals surface area contributed by atoms with Crippen molar-refractivity contribution in [3.8, 4) is 0 Å². The number of hydrogen-bond donors (Lipinski definition) is 6. The number of thioether (sulfide) groups is 1. The largest absolute Gasteiger partial charge is 0.617 e. The van der Waals surface area contributed by atoms with Gasteiger partial charge in [0.05, 0.1) is 38.3 Å². The number of ether oxygens (including phenoxy) is 1. The van der Waals surface area contributed by atoms with Crippen LogP contribution < -0.4 is 21.3 Å². The SMILES string of the molecule is CC[C@H](C)[C@H](CC(=O)[C@H](CCSC)NC(=O)Nc1ccc(CNC(=O)CN2CCN(CC(=O)O)CCN(CC(=O)O)CCN3CC(=O)O[C-]3C2)cc1)C(=O)N[C@@H](CC1=CCC=N1)C(=O)CCCN1C(=O)CC(C)C1=O.[Gd]. The molecule has 0 spiro atoms. The number of carbonyl (C=O) groups excluding carboxylic acids is 8. The Morgan fingerprint density at radius 1 is 0.882 bits per heavy atom. The van der Waals surface area contributed by atoms with Crippen molar-refractivity contribution in [3.63, 3.8) is 0 Å². The minimum atomic E-state index is -1.05. The first-order chi connectivity index (χ1) is 35.8. The van der Waals surface area contributed by atoms with Gasteiger partial charge in [0.1, 0.15) is 0 Å². The molecular weight excluding hydrogens is 1150 g/mol. The third-order valence-electron chi connectivity index (χ3n) is 13.7. The second-order valence-electron chi connectivity index (χ2n) is 19.5. The van der Waals surface area contributed by atoms with E-state index < -0.39 is 53.8 Å².